The summed E-state index contributed by atoms with van der Waals surface area (Å²) in [4.78, 5) is 18.2. The first-order chi connectivity index (χ1) is 13.0. The number of H-pyrrole nitrogens is 1. The molecule has 0 unspecified atom stereocenters. The molecule has 2 heterocycles. The largest absolute Gasteiger partial charge is 0.483 e. The molecule has 1 aliphatic rings. The van der Waals surface area contributed by atoms with Crippen LogP contribution in [0.5, 0.6) is 5.75 Å². The van der Waals surface area contributed by atoms with Gasteiger partial charge in [0.25, 0.3) is 5.91 Å². The Bertz CT molecular complexity index is 987. The summed E-state index contributed by atoms with van der Waals surface area (Å²) in [6.45, 7) is 7.79. The zero-order valence-corrected chi connectivity index (χ0v) is 16.2. The summed E-state index contributed by atoms with van der Waals surface area (Å²) in [5.41, 5.74) is 5.92. The Morgan fingerprint density at radius 2 is 2.04 bits per heavy atom. The molecule has 1 aromatic heterocycles. The van der Waals surface area contributed by atoms with Crippen molar-refractivity contribution in [3.63, 3.8) is 0 Å². The van der Waals surface area contributed by atoms with E-state index in [1.165, 1.54) is 22.2 Å². The second-order valence-corrected chi connectivity index (χ2v) is 7.66. The fourth-order valence-corrected chi connectivity index (χ4v) is 3.74. The van der Waals surface area contributed by atoms with Crippen molar-refractivity contribution in [2.75, 3.05) is 13.2 Å². The number of hydrogen-bond donors (Lipinski definition) is 1. The molecule has 4 nitrogen and oxygen atoms in total. The lowest BCUT2D eigenvalue weighted by atomic mass is 10.0. The van der Waals surface area contributed by atoms with E-state index in [9.17, 15) is 4.79 Å². The van der Waals surface area contributed by atoms with Crippen molar-refractivity contribution in [1.29, 1.82) is 0 Å². The number of carbonyl (C=O) groups is 1. The van der Waals surface area contributed by atoms with E-state index >= 15 is 0 Å². The summed E-state index contributed by atoms with van der Waals surface area (Å²) in [5, 5.41) is 1.21. The third-order valence-electron chi connectivity index (χ3n) is 5.47. The molecule has 0 spiro atoms. The minimum absolute atomic E-state index is 0.0419. The van der Waals surface area contributed by atoms with E-state index in [4.69, 9.17) is 4.74 Å². The van der Waals surface area contributed by atoms with Crippen molar-refractivity contribution < 1.29 is 9.53 Å². The molecule has 3 aromatic rings. The molecule has 0 saturated heterocycles. The average Bonchev–Trinajstić information content (AvgIpc) is 3.04. The van der Waals surface area contributed by atoms with Crippen LogP contribution < -0.4 is 4.74 Å². The van der Waals surface area contributed by atoms with Crippen LogP contribution in [0.4, 0.5) is 0 Å². The van der Waals surface area contributed by atoms with Crippen molar-refractivity contribution in [2.45, 2.75) is 39.7 Å². The number of aromatic amines is 1. The Balaban J connectivity index is 1.46. The topological polar surface area (TPSA) is 45.3 Å². The van der Waals surface area contributed by atoms with Gasteiger partial charge in [-0.15, -0.1) is 0 Å². The SMILES string of the molecule is Cc1ccc(C(C)C)cc1OCC(=O)N1CCc2[nH]c3ccccc3c2C1. The van der Waals surface area contributed by atoms with Crippen molar-refractivity contribution in [2.24, 2.45) is 0 Å². The van der Waals surface area contributed by atoms with Gasteiger partial charge in [0.1, 0.15) is 5.75 Å². The number of hydrogen-bond acceptors (Lipinski definition) is 2. The van der Waals surface area contributed by atoms with Crippen molar-refractivity contribution in [3.05, 3.63) is 64.8 Å². The van der Waals surface area contributed by atoms with E-state index in [0.717, 1.165) is 29.8 Å². The highest BCUT2D eigenvalue weighted by atomic mass is 16.5. The van der Waals surface area contributed by atoms with Gasteiger partial charge in [-0.2, -0.15) is 0 Å². The third-order valence-corrected chi connectivity index (χ3v) is 5.47. The van der Waals surface area contributed by atoms with Crippen LogP contribution in [0.25, 0.3) is 10.9 Å². The first kappa shape index (κ1) is 17.7. The standard InChI is InChI=1S/C23H26N2O2/c1-15(2)17-9-8-16(3)22(12-17)27-14-23(26)25-11-10-21-19(13-25)18-6-4-5-7-20(18)24-21/h4-9,12,15,24H,10-11,13-14H2,1-3H3. The number of para-hydroxylation sites is 1. The van der Waals surface area contributed by atoms with Crippen LogP contribution in [0.15, 0.2) is 42.5 Å². The molecule has 1 N–H and O–H groups in total. The van der Waals surface area contributed by atoms with Gasteiger partial charge in [0.15, 0.2) is 6.61 Å². The number of carbonyl (C=O) groups excluding carboxylic acids is 1. The molecule has 4 heteroatoms. The second kappa shape index (κ2) is 7.10. The summed E-state index contributed by atoms with van der Waals surface area (Å²) < 4.78 is 5.90. The Morgan fingerprint density at radius 3 is 2.85 bits per heavy atom. The predicted octanol–water partition coefficient (Wildman–Crippen LogP) is 4.56. The molecular formula is C23H26N2O2. The molecule has 0 saturated carbocycles. The number of aromatic nitrogens is 1. The fraction of sp³-hybridized carbons (Fsp3) is 0.348. The van der Waals surface area contributed by atoms with E-state index in [1.807, 2.05) is 24.0 Å². The number of ether oxygens (including phenoxy) is 1. The summed E-state index contributed by atoms with van der Waals surface area (Å²) >= 11 is 0. The van der Waals surface area contributed by atoms with Crippen LogP contribution in [0.3, 0.4) is 0 Å². The second-order valence-electron chi connectivity index (χ2n) is 7.66. The van der Waals surface area contributed by atoms with Crippen molar-refractivity contribution >= 4 is 16.8 Å². The number of nitrogens with zero attached hydrogens (tertiary/aromatic N) is 1. The molecule has 27 heavy (non-hydrogen) atoms. The zero-order chi connectivity index (χ0) is 19.0. The molecule has 0 bridgehead atoms. The Labute approximate surface area is 160 Å². The average molecular weight is 362 g/mol. The van der Waals surface area contributed by atoms with Gasteiger partial charge in [0.05, 0.1) is 0 Å². The lowest BCUT2D eigenvalue weighted by Gasteiger charge is -2.27. The summed E-state index contributed by atoms with van der Waals surface area (Å²) in [6, 6.07) is 14.5. The normalized spacial score (nSPS) is 13.9. The number of aryl methyl sites for hydroxylation is 1. The molecular weight excluding hydrogens is 336 g/mol. The molecule has 2 aromatic carbocycles. The quantitative estimate of drug-likeness (QED) is 0.739. The highest BCUT2D eigenvalue weighted by molar-refractivity contribution is 5.86. The maximum Gasteiger partial charge on any atom is 0.260 e. The van der Waals surface area contributed by atoms with Crippen molar-refractivity contribution in [1.82, 2.24) is 9.88 Å². The van der Waals surface area contributed by atoms with Crippen LogP contribution in [0.2, 0.25) is 0 Å². The van der Waals surface area contributed by atoms with Crippen molar-refractivity contribution in [3.8, 4) is 5.75 Å². The number of rotatable bonds is 4. The van der Waals surface area contributed by atoms with Gasteiger partial charge < -0.3 is 14.6 Å². The van der Waals surface area contributed by atoms with Crippen LogP contribution in [-0.2, 0) is 17.8 Å². The molecule has 4 rings (SSSR count). The van der Waals surface area contributed by atoms with Crippen LogP contribution in [0, 0.1) is 6.92 Å². The minimum atomic E-state index is 0.0419. The Morgan fingerprint density at radius 1 is 1.22 bits per heavy atom. The smallest absolute Gasteiger partial charge is 0.260 e. The molecule has 0 atom stereocenters. The maximum atomic E-state index is 12.8. The van der Waals surface area contributed by atoms with E-state index in [1.54, 1.807) is 0 Å². The summed E-state index contributed by atoms with van der Waals surface area (Å²) in [5.74, 6) is 1.28. The van der Waals surface area contributed by atoms with Gasteiger partial charge in [-0.1, -0.05) is 44.2 Å². The third kappa shape index (κ3) is 3.44. The minimum Gasteiger partial charge on any atom is -0.483 e. The monoisotopic (exact) mass is 362 g/mol. The van der Waals surface area contributed by atoms with Gasteiger partial charge in [-0.25, -0.2) is 0 Å². The van der Waals surface area contributed by atoms with Gasteiger partial charge >= 0.3 is 0 Å². The van der Waals surface area contributed by atoms with Gasteiger partial charge in [0, 0.05) is 41.7 Å². The molecule has 0 radical (unpaired) electrons. The lowest BCUT2D eigenvalue weighted by molar-refractivity contribution is -0.134. The Kier molecular flexibility index (Phi) is 4.65. The Hall–Kier alpha value is -2.75. The molecule has 0 aliphatic carbocycles. The molecule has 1 aliphatic heterocycles. The number of amides is 1. The van der Waals surface area contributed by atoms with Crippen LogP contribution in [-0.4, -0.2) is 28.9 Å². The maximum absolute atomic E-state index is 12.8. The van der Waals surface area contributed by atoms with Crippen LogP contribution in [0.1, 0.15) is 42.1 Å². The van der Waals surface area contributed by atoms with E-state index in [0.29, 0.717) is 12.5 Å². The number of nitrogens with one attached hydrogen (secondary N) is 1. The number of fused-ring (bicyclic) bond motifs is 3. The molecule has 140 valence electrons. The van der Waals surface area contributed by atoms with E-state index < -0.39 is 0 Å². The summed E-state index contributed by atoms with van der Waals surface area (Å²) in [6.07, 6.45) is 0.859. The predicted molar refractivity (Wildman–Crippen MR) is 108 cm³/mol. The van der Waals surface area contributed by atoms with Gasteiger partial charge in [-0.05, 0) is 36.1 Å². The first-order valence-corrected chi connectivity index (χ1v) is 9.62. The molecule has 0 fully saturated rings. The van der Waals surface area contributed by atoms with Gasteiger partial charge in [-0.3, -0.25) is 4.79 Å². The van der Waals surface area contributed by atoms with Crippen LogP contribution >= 0.6 is 0 Å². The first-order valence-electron chi connectivity index (χ1n) is 9.62. The number of benzene rings is 2. The highest BCUT2D eigenvalue weighted by Crippen LogP contribution is 2.28. The molecule has 1 amide bonds. The van der Waals surface area contributed by atoms with E-state index in [-0.39, 0.29) is 12.5 Å². The lowest BCUT2D eigenvalue weighted by Crippen LogP contribution is -2.38. The summed E-state index contributed by atoms with van der Waals surface area (Å²) in [7, 11) is 0. The van der Waals surface area contributed by atoms with Gasteiger partial charge in [0.2, 0.25) is 0 Å². The zero-order valence-electron chi connectivity index (χ0n) is 16.2. The fourth-order valence-electron chi connectivity index (χ4n) is 3.74. The highest BCUT2D eigenvalue weighted by Gasteiger charge is 2.24. The van der Waals surface area contributed by atoms with E-state index in [2.05, 4.69) is 49.2 Å².